The van der Waals surface area contributed by atoms with Crippen molar-refractivity contribution in [2.24, 2.45) is 0 Å². The normalized spacial score (nSPS) is 14.9. The maximum atomic E-state index is 12.0. The minimum Gasteiger partial charge on any atom is -0.379 e. The van der Waals surface area contributed by atoms with E-state index in [0.29, 0.717) is 12.1 Å². The van der Waals surface area contributed by atoms with Crippen LogP contribution in [0.2, 0.25) is 0 Å². The van der Waals surface area contributed by atoms with Crippen molar-refractivity contribution in [3.8, 4) is 0 Å². The molecule has 1 aliphatic heterocycles. The molecule has 28 heavy (non-hydrogen) atoms. The third-order valence-electron chi connectivity index (χ3n) is 4.51. The molecule has 0 aliphatic carbocycles. The molecular formula is C21H23N3O4. The van der Waals surface area contributed by atoms with Gasteiger partial charge in [0.25, 0.3) is 5.69 Å². The second-order valence-electron chi connectivity index (χ2n) is 6.61. The maximum absolute atomic E-state index is 12.0. The number of nitrogens with zero attached hydrogens (tertiary/aromatic N) is 2. The average molecular weight is 381 g/mol. The van der Waals surface area contributed by atoms with E-state index in [1.165, 1.54) is 23.8 Å². The molecule has 0 atom stereocenters. The standard InChI is InChI=1S/C21H23N3O4/c25-21(9-8-17-2-1-3-20(14-17)24(26)27)22-15-18-4-6-19(7-5-18)16-23-10-12-28-13-11-23/h1-9,14H,10-13,15-16H2,(H,22,25)/b9-8+. The van der Waals surface area contributed by atoms with E-state index in [1.807, 2.05) is 12.1 Å². The second-order valence-corrected chi connectivity index (χ2v) is 6.61. The van der Waals surface area contributed by atoms with E-state index >= 15 is 0 Å². The summed E-state index contributed by atoms with van der Waals surface area (Å²) in [4.78, 5) is 24.7. The third-order valence-corrected chi connectivity index (χ3v) is 4.51. The summed E-state index contributed by atoms with van der Waals surface area (Å²) in [6.45, 7) is 4.81. The summed E-state index contributed by atoms with van der Waals surface area (Å²) in [6, 6.07) is 14.3. The average Bonchev–Trinajstić information content (AvgIpc) is 2.73. The fourth-order valence-electron chi connectivity index (χ4n) is 2.94. The van der Waals surface area contributed by atoms with Crippen LogP contribution in [0.3, 0.4) is 0 Å². The summed E-state index contributed by atoms with van der Waals surface area (Å²) >= 11 is 0. The molecule has 0 unspecified atom stereocenters. The van der Waals surface area contributed by atoms with Crippen molar-refractivity contribution in [1.82, 2.24) is 10.2 Å². The zero-order valence-corrected chi connectivity index (χ0v) is 15.5. The number of rotatable bonds is 7. The highest BCUT2D eigenvalue weighted by atomic mass is 16.6. The molecule has 1 aliphatic rings. The Hall–Kier alpha value is -3.03. The highest BCUT2D eigenvalue weighted by Gasteiger charge is 2.10. The van der Waals surface area contributed by atoms with Crippen LogP contribution in [0.4, 0.5) is 5.69 Å². The minimum atomic E-state index is -0.458. The number of non-ortho nitro benzene ring substituents is 1. The van der Waals surface area contributed by atoms with E-state index in [0.717, 1.165) is 38.4 Å². The zero-order valence-electron chi connectivity index (χ0n) is 15.5. The number of nitro benzene ring substituents is 1. The van der Waals surface area contributed by atoms with E-state index in [2.05, 4.69) is 22.3 Å². The fourth-order valence-corrected chi connectivity index (χ4v) is 2.94. The summed E-state index contributed by atoms with van der Waals surface area (Å²) in [5.74, 6) is -0.246. The van der Waals surface area contributed by atoms with Gasteiger partial charge in [-0.25, -0.2) is 0 Å². The van der Waals surface area contributed by atoms with Gasteiger partial charge in [0.05, 0.1) is 18.1 Å². The molecule has 1 N–H and O–H groups in total. The number of hydrogen-bond acceptors (Lipinski definition) is 5. The number of nitrogens with one attached hydrogen (secondary N) is 1. The monoisotopic (exact) mass is 381 g/mol. The number of benzene rings is 2. The Bertz CT molecular complexity index is 843. The Morgan fingerprint density at radius 2 is 1.86 bits per heavy atom. The molecule has 0 saturated carbocycles. The van der Waals surface area contributed by atoms with Crippen LogP contribution >= 0.6 is 0 Å². The second kappa shape index (κ2) is 9.77. The molecule has 1 fully saturated rings. The largest absolute Gasteiger partial charge is 0.379 e. The van der Waals surface area contributed by atoms with Crippen LogP contribution < -0.4 is 5.32 Å². The molecule has 1 amide bonds. The van der Waals surface area contributed by atoms with Gasteiger partial charge in [0.15, 0.2) is 0 Å². The number of nitro groups is 1. The Labute approximate surface area is 163 Å². The van der Waals surface area contributed by atoms with Crippen molar-refractivity contribution < 1.29 is 14.5 Å². The summed E-state index contributed by atoms with van der Waals surface area (Å²) in [5, 5.41) is 13.6. The Balaban J connectivity index is 1.47. The lowest BCUT2D eigenvalue weighted by molar-refractivity contribution is -0.384. The molecular weight excluding hydrogens is 358 g/mol. The Kier molecular flexibility index (Phi) is 6.89. The lowest BCUT2D eigenvalue weighted by Crippen LogP contribution is -2.35. The maximum Gasteiger partial charge on any atom is 0.270 e. The van der Waals surface area contributed by atoms with E-state index in [9.17, 15) is 14.9 Å². The molecule has 0 bridgehead atoms. The predicted octanol–water partition coefficient (Wildman–Crippen LogP) is 2.76. The zero-order chi connectivity index (χ0) is 19.8. The molecule has 2 aromatic rings. The molecule has 1 saturated heterocycles. The van der Waals surface area contributed by atoms with Crippen molar-refractivity contribution in [2.45, 2.75) is 13.1 Å². The van der Waals surface area contributed by atoms with E-state index in [-0.39, 0.29) is 11.6 Å². The molecule has 7 heteroatoms. The first-order valence-electron chi connectivity index (χ1n) is 9.18. The quantitative estimate of drug-likeness (QED) is 0.453. The van der Waals surface area contributed by atoms with Gasteiger partial charge in [0, 0.05) is 44.4 Å². The SMILES string of the molecule is O=C(/C=C/c1cccc([N+](=O)[O-])c1)NCc1ccc(CN2CCOCC2)cc1. The first kappa shape index (κ1) is 19.7. The van der Waals surface area contributed by atoms with E-state index in [1.54, 1.807) is 18.2 Å². The minimum absolute atomic E-state index is 0.000253. The van der Waals surface area contributed by atoms with Crippen LogP contribution in [-0.4, -0.2) is 42.0 Å². The third kappa shape index (κ3) is 6.00. The molecule has 3 rings (SSSR count). The van der Waals surface area contributed by atoms with Crippen molar-refractivity contribution >= 4 is 17.7 Å². The molecule has 146 valence electrons. The predicted molar refractivity (Wildman–Crippen MR) is 107 cm³/mol. The summed E-state index contributed by atoms with van der Waals surface area (Å²) < 4.78 is 5.36. The number of hydrogen-bond donors (Lipinski definition) is 1. The first-order valence-corrected chi connectivity index (χ1v) is 9.18. The van der Waals surface area contributed by atoms with Crippen LogP contribution in [0.25, 0.3) is 6.08 Å². The van der Waals surface area contributed by atoms with Gasteiger partial charge < -0.3 is 10.1 Å². The number of carbonyl (C=O) groups is 1. The van der Waals surface area contributed by atoms with Gasteiger partial charge in [-0.2, -0.15) is 0 Å². The lowest BCUT2D eigenvalue weighted by atomic mass is 10.1. The smallest absolute Gasteiger partial charge is 0.270 e. The number of amides is 1. The molecule has 0 aromatic heterocycles. The number of morpholine rings is 1. The van der Waals surface area contributed by atoms with Crippen molar-refractivity contribution in [3.05, 3.63) is 81.4 Å². The molecule has 1 heterocycles. The van der Waals surface area contributed by atoms with Crippen LogP contribution in [-0.2, 0) is 22.6 Å². The summed E-state index contributed by atoms with van der Waals surface area (Å²) in [6.07, 6.45) is 2.94. The first-order chi connectivity index (χ1) is 13.6. The van der Waals surface area contributed by atoms with Gasteiger partial charge in [-0.15, -0.1) is 0 Å². The number of carbonyl (C=O) groups excluding carboxylic acids is 1. The van der Waals surface area contributed by atoms with Gasteiger partial charge in [0.2, 0.25) is 5.91 Å². The van der Waals surface area contributed by atoms with Crippen LogP contribution in [0.1, 0.15) is 16.7 Å². The number of ether oxygens (including phenoxy) is 1. The fraction of sp³-hybridized carbons (Fsp3) is 0.286. The Morgan fingerprint density at radius 1 is 1.14 bits per heavy atom. The van der Waals surface area contributed by atoms with Crippen molar-refractivity contribution in [1.29, 1.82) is 0 Å². The topological polar surface area (TPSA) is 84.7 Å². The molecule has 7 nitrogen and oxygen atoms in total. The van der Waals surface area contributed by atoms with E-state index in [4.69, 9.17) is 4.74 Å². The summed E-state index contributed by atoms with van der Waals surface area (Å²) in [7, 11) is 0. The molecule has 0 radical (unpaired) electrons. The van der Waals surface area contributed by atoms with Gasteiger partial charge >= 0.3 is 0 Å². The van der Waals surface area contributed by atoms with Crippen LogP contribution in [0, 0.1) is 10.1 Å². The Morgan fingerprint density at radius 3 is 2.57 bits per heavy atom. The highest BCUT2D eigenvalue weighted by Crippen LogP contribution is 2.14. The highest BCUT2D eigenvalue weighted by molar-refractivity contribution is 5.91. The molecule has 0 spiro atoms. The van der Waals surface area contributed by atoms with E-state index < -0.39 is 4.92 Å². The van der Waals surface area contributed by atoms with Crippen molar-refractivity contribution in [2.75, 3.05) is 26.3 Å². The molecule has 2 aromatic carbocycles. The van der Waals surface area contributed by atoms with Crippen LogP contribution in [0.15, 0.2) is 54.6 Å². The van der Waals surface area contributed by atoms with Crippen molar-refractivity contribution in [3.63, 3.8) is 0 Å². The summed E-state index contributed by atoms with van der Waals surface area (Å²) in [5.41, 5.74) is 2.86. The van der Waals surface area contributed by atoms with Crippen LogP contribution in [0.5, 0.6) is 0 Å². The van der Waals surface area contributed by atoms with Gasteiger partial charge in [-0.3, -0.25) is 19.8 Å². The lowest BCUT2D eigenvalue weighted by Gasteiger charge is -2.26. The van der Waals surface area contributed by atoms with Gasteiger partial charge in [-0.05, 0) is 22.8 Å². The van der Waals surface area contributed by atoms with Gasteiger partial charge in [-0.1, -0.05) is 36.4 Å². The van der Waals surface area contributed by atoms with Gasteiger partial charge in [0.1, 0.15) is 0 Å².